The van der Waals surface area contributed by atoms with E-state index in [1.165, 1.54) is 0 Å². The van der Waals surface area contributed by atoms with Gasteiger partial charge in [0.25, 0.3) is 5.91 Å². The number of rotatable bonds is 2. The summed E-state index contributed by atoms with van der Waals surface area (Å²) in [6.45, 7) is 3.16. The average molecular weight is 282 g/mol. The Labute approximate surface area is 119 Å². The van der Waals surface area contributed by atoms with Crippen LogP contribution < -0.4 is 0 Å². The van der Waals surface area contributed by atoms with E-state index in [1.807, 2.05) is 36.1 Å². The third-order valence-corrected chi connectivity index (χ3v) is 3.99. The molecule has 4 heteroatoms. The first-order chi connectivity index (χ1) is 9.02. The van der Waals surface area contributed by atoms with Crippen LogP contribution in [0.3, 0.4) is 0 Å². The summed E-state index contributed by atoms with van der Waals surface area (Å²) in [7, 11) is 0. The molecule has 0 aromatic heterocycles. The van der Waals surface area contributed by atoms with Gasteiger partial charge in [0.2, 0.25) is 0 Å². The number of likely N-dealkylation sites (tertiary alicyclic amines) is 1. The number of carbonyl (C=O) groups excluding carboxylic acids is 1. The van der Waals surface area contributed by atoms with E-state index in [1.54, 1.807) is 0 Å². The summed E-state index contributed by atoms with van der Waals surface area (Å²) >= 11 is 5.79. The Kier molecular flexibility index (Phi) is 4.48. The van der Waals surface area contributed by atoms with Gasteiger partial charge in [-0.15, -0.1) is 11.6 Å². The minimum atomic E-state index is -0.646. The highest BCUT2D eigenvalue weighted by Gasteiger charge is 2.27. The first-order valence-electron chi connectivity index (χ1n) is 6.68. The van der Waals surface area contributed by atoms with Crippen LogP contribution in [0.2, 0.25) is 0 Å². The lowest BCUT2D eigenvalue weighted by Gasteiger charge is -2.22. The molecule has 104 valence electrons. The number of hydrogen-bond acceptors (Lipinski definition) is 2. The second kappa shape index (κ2) is 5.93. The number of benzene rings is 1. The van der Waals surface area contributed by atoms with Crippen LogP contribution >= 0.6 is 11.6 Å². The molecule has 1 N–H and O–H groups in total. The van der Waals surface area contributed by atoms with E-state index in [-0.39, 0.29) is 5.91 Å². The molecule has 1 aliphatic heterocycles. The molecule has 0 bridgehead atoms. The fourth-order valence-electron chi connectivity index (χ4n) is 2.44. The first-order valence-corrected chi connectivity index (χ1v) is 7.22. The van der Waals surface area contributed by atoms with Gasteiger partial charge in [-0.1, -0.05) is 12.1 Å². The van der Waals surface area contributed by atoms with Crippen LogP contribution in [-0.2, 0) is 5.88 Å². The minimum Gasteiger partial charge on any atom is -0.390 e. The standard InChI is InChI=1S/C15H20ClNO2/c1-15(19)6-3-8-17(9-7-15)14(18)13-5-2-4-12(10-13)11-16/h2,4-5,10,19H,3,6-9,11H2,1H3. The van der Waals surface area contributed by atoms with Crippen molar-refractivity contribution in [2.45, 2.75) is 37.7 Å². The zero-order valence-corrected chi connectivity index (χ0v) is 12.0. The van der Waals surface area contributed by atoms with Crippen LogP contribution in [0.1, 0.15) is 42.1 Å². The molecule has 0 radical (unpaired) electrons. The van der Waals surface area contributed by atoms with Crippen molar-refractivity contribution in [2.24, 2.45) is 0 Å². The van der Waals surface area contributed by atoms with Gasteiger partial charge in [-0.3, -0.25) is 4.79 Å². The van der Waals surface area contributed by atoms with E-state index in [0.29, 0.717) is 31.0 Å². The van der Waals surface area contributed by atoms with Gasteiger partial charge in [0, 0.05) is 24.5 Å². The Bertz CT molecular complexity index is 459. The van der Waals surface area contributed by atoms with Gasteiger partial charge in [-0.25, -0.2) is 0 Å². The number of alkyl halides is 1. The van der Waals surface area contributed by atoms with Gasteiger partial charge in [0.1, 0.15) is 0 Å². The summed E-state index contributed by atoms with van der Waals surface area (Å²) < 4.78 is 0. The highest BCUT2D eigenvalue weighted by Crippen LogP contribution is 2.22. The van der Waals surface area contributed by atoms with Crippen molar-refractivity contribution >= 4 is 17.5 Å². The van der Waals surface area contributed by atoms with Crippen molar-refractivity contribution in [3.63, 3.8) is 0 Å². The molecule has 1 heterocycles. The lowest BCUT2D eigenvalue weighted by atomic mass is 9.98. The molecular weight excluding hydrogens is 262 g/mol. The summed E-state index contributed by atoms with van der Waals surface area (Å²) in [4.78, 5) is 14.3. The number of hydrogen-bond donors (Lipinski definition) is 1. The second-order valence-corrected chi connectivity index (χ2v) is 5.74. The Morgan fingerprint density at radius 1 is 1.42 bits per heavy atom. The summed E-state index contributed by atoms with van der Waals surface area (Å²) in [5, 5.41) is 10.1. The van der Waals surface area contributed by atoms with E-state index in [0.717, 1.165) is 18.4 Å². The lowest BCUT2D eigenvalue weighted by molar-refractivity contribution is 0.0438. The third-order valence-electron chi connectivity index (χ3n) is 3.68. The van der Waals surface area contributed by atoms with Crippen LogP contribution in [0.25, 0.3) is 0 Å². The molecule has 1 unspecified atom stereocenters. The molecule has 1 amide bonds. The Balaban J connectivity index is 2.10. The van der Waals surface area contributed by atoms with Crippen molar-refractivity contribution in [1.82, 2.24) is 4.90 Å². The minimum absolute atomic E-state index is 0.0321. The maximum absolute atomic E-state index is 12.4. The summed E-state index contributed by atoms with van der Waals surface area (Å²) in [6, 6.07) is 7.44. The Hall–Kier alpha value is -1.06. The molecule has 19 heavy (non-hydrogen) atoms. The monoisotopic (exact) mass is 281 g/mol. The smallest absolute Gasteiger partial charge is 0.253 e. The van der Waals surface area contributed by atoms with Crippen molar-refractivity contribution in [3.8, 4) is 0 Å². The van der Waals surface area contributed by atoms with Gasteiger partial charge in [0.05, 0.1) is 5.60 Å². The van der Waals surface area contributed by atoms with Crippen molar-refractivity contribution in [1.29, 1.82) is 0 Å². The third kappa shape index (κ3) is 3.71. The number of nitrogens with zero attached hydrogens (tertiary/aromatic N) is 1. The molecule has 1 aromatic carbocycles. The maximum Gasteiger partial charge on any atom is 0.253 e. The predicted octanol–water partition coefficient (Wildman–Crippen LogP) is 2.80. The van der Waals surface area contributed by atoms with Crippen LogP contribution in [0.5, 0.6) is 0 Å². The normalized spacial score (nSPS) is 24.1. The number of halogens is 1. The topological polar surface area (TPSA) is 40.5 Å². The van der Waals surface area contributed by atoms with Gasteiger partial charge < -0.3 is 10.0 Å². The number of aliphatic hydroxyl groups is 1. The zero-order chi connectivity index (χ0) is 13.9. The highest BCUT2D eigenvalue weighted by molar-refractivity contribution is 6.17. The summed E-state index contributed by atoms with van der Waals surface area (Å²) in [6.07, 6.45) is 2.22. The molecule has 1 aromatic rings. The zero-order valence-electron chi connectivity index (χ0n) is 11.2. The van der Waals surface area contributed by atoms with E-state index < -0.39 is 5.60 Å². The van der Waals surface area contributed by atoms with E-state index >= 15 is 0 Å². The van der Waals surface area contributed by atoms with E-state index in [4.69, 9.17) is 11.6 Å². The van der Waals surface area contributed by atoms with Crippen molar-refractivity contribution < 1.29 is 9.90 Å². The SMILES string of the molecule is CC1(O)CCCN(C(=O)c2cccc(CCl)c2)CC1. The van der Waals surface area contributed by atoms with Gasteiger partial charge >= 0.3 is 0 Å². The highest BCUT2D eigenvalue weighted by atomic mass is 35.5. The molecule has 0 spiro atoms. The molecule has 2 rings (SSSR count). The second-order valence-electron chi connectivity index (χ2n) is 5.48. The largest absolute Gasteiger partial charge is 0.390 e. The molecule has 1 aliphatic rings. The van der Waals surface area contributed by atoms with Crippen molar-refractivity contribution in [2.75, 3.05) is 13.1 Å². The van der Waals surface area contributed by atoms with Gasteiger partial charge in [0.15, 0.2) is 0 Å². The molecule has 3 nitrogen and oxygen atoms in total. The quantitative estimate of drug-likeness (QED) is 0.847. The predicted molar refractivity (Wildman–Crippen MR) is 76.4 cm³/mol. The average Bonchev–Trinajstić information content (AvgIpc) is 2.59. The molecule has 0 aliphatic carbocycles. The van der Waals surface area contributed by atoms with Crippen LogP contribution in [-0.4, -0.2) is 34.6 Å². The van der Waals surface area contributed by atoms with E-state index in [9.17, 15) is 9.90 Å². The lowest BCUT2D eigenvalue weighted by Crippen LogP contribution is -2.33. The van der Waals surface area contributed by atoms with Gasteiger partial charge in [-0.2, -0.15) is 0 Å². The van der Waals surface area contributed by atoms with Crippen LogP contribution in [0.15, 0.2) is 24.3 Å². The molecule has 1 atom stereocenters. The first kappa shape index (κ1) is 14.4. The Morgan fingerprint density at radius 3 is 2.95 bits per heavy atom. The fourth-order valence-corrected chi connectivity index (χ4v) is 2.60. The summed E-state index contributed by atoms with van der Waals surface area (Å²) in [5.41, 5.74) is 0.988. The maximum atomic E-state index is 12.4. The number of carbonyl (C=O) groups is 1. The summed E-state index contributed by atoms with van der Waals surface area (Å²) in [5.74, 6) is 0.445. The van der Waals surface area contributed by atoms with E-state index in [2.05, 4.69) is 0 Å². The Morgan fingerprint density at radius 2 is 2.21 bits per heavy atom. The molecule has 1 fully saturated rings. The van der Waals surface area contributed by atoms with Crippen LogP contribution in [0, 0.1) is 0 Å². The fraction of sp³-hybridized carbons (Fsp3) is 0.533. The van der Waals surface area contributed by atoms with Crippen LogP contribution in [0.4, 0.5) is 0 Å². The van der Waals surface area contributed by atoms with Crippen molar-refractivity contribution in [3.05, 3.63) is 35.4 Å². The molecule has 1 saturated heterocycles. The molecular formula is C15H20ClNO2. The number of amides is 1. The van der Waals surface area contributed by atoms with Gasteiger partial charge in [-0.05, 0) is 43.9 Å². The molecule has 0 saturated carbocycles.